The lowest BCUT2D eigenvalue weighted by Gasteiger charge is -2.15. The summed E-state index contributed by atoms with van der Waals surface area (Å²) in [5.41, 5.74) is 0.182. The van der Waals surface area contributed by atoms with Crippen LogP contribution in [0, 0.1) is 0 Å². The fraction of sp³-hybridized carbons (Fsp3) is 0.250. The first-order valence-corrected chi connectivity index (χ1v) is 12.9. The Hall–Kier alpha value is -3.09. The predicted molar refractivity (Wildman–Crippen MR) is 114 cm³/mol. The van der Waals surface area contributed by atoms with Crippen molar-refractivity contribution in [2.45, 2.75) is 28.4 Å². The lowest BCUT2D eigenvalue weighted by Crippen LogP contribution is -2.27. The zero-order chi connectivity index (χ0) is 22.8. The summed E-state index contributed by atoms with van der Waals surface area (Å²) in [6.07, 6.45) is 1.66. The maximum atomic E-state index is 12.6. The zero-order valence-electron chi connectivity index (χ0n) is 16.8. The van der Waals surface area contributed by atoms with Gasteiger partial charge in [-0.3, -0.25) is 10.1 Å². The maximum Gasteiger partial charge on any atom is 0.322 e. The number of hydrogen-bond donors (Lipinski definition) is 1. The highest BCUT2D eigenvalue weighted by atomic mass is 32.2. The number of amides is 1. The number of sulfonamides is 1. The van der Waals surface area contributed by atoms with E-state index in [2.05, 4.69) is 15.5 Å². The molecule has 2 aromatic carbocycles. The van der Waals surface area contributed by atoms with Crippen LogP contribution in [0.5, 0.6) is 0 Å². The summed E-state index contributed by atoms with van der Waals surface area (Å²) < 4.78 is 56.6. The van der Waals surface area contributed by atoms with E-state index in [0.29, 0.717) is 13.1 Å². The Bertz CT molecular complexity index is 1310. The highest BCUT2D eigenvalue weighted by Crippen LogP contribution is 2.22. The molecule has 0 unspecified atom stereocenters. The molecule has 0 bridgehead atoms. The Morgan fingerprint density at radius 2 is 1.56 bits per heavy atom. The van der Waals surface area contributed by atoms with Crippen molar-refractivity contribution in [3.05, 3.63) is 66.1 Å². The molecule has 12 heteroatoms. The van der Waals surface area contributed by atoms with E-state index in [4.69, 9.17) is 4.42 Å². The normalized spacial score (nSPS) is 15.0. The molecule has 1 aliphatic heterocycles. The molecule has 3 aromatic rings. The van der Waals surface area contributed by atoms with Gasteiger partial charge in [-0.15, -0.1) is 5.10 Å². The smallest absolute Gasteiger partial charge is 0.322 e. The first kappa shape index (κ1) is 22.1. The van der Waals surface area contributed by atoms with Crippen LogP contribution in [0.4, 0.5) is 6.01 Å². The van der Waals surface area contributed by atoms with Gasteiger partial charge in [0.2, 0.25) is 15.9 Å². The SMILES string of the molecule is O=C(Nc1nnc(CS(=O)(=O)c2ccccc2)o1)c1ccc(S(=O)(=O)N2CCCC2)cc1. The van der Waals surface area contributed by atoms with E-state index < -0.39 is 31.5 Å². The molecule has 2 heterocycles. The third kappa shape index (κ3) is 4.71. The summed E-state index contributed by atoms with van der Waals surface area (Å²) in [7, 11) is -7.25. The molecule has 1 N–H and O–H groups in total. The van der Waals surface area contributed by atoms with E-state index in [1.807, 2.05) is 0 Å². The van der Waals surface area contributed by atoms with Gasteiger partial charge in [0.15, 0.2) is 9.84 Å². The van der Waals surface area contributed by atoms with Crippen LogP contribution in [-0.2, 0) is 25.6 Å². The van der Waals surface area contributed by atoms with Gasteiger partial charge in [0, 0.05) is 18.7 Å². The first-order chi connectivity index (χ1) is 15.3. The molecular weight excluding hydrogens is 456 g/mol. The van der Waals surface area contributed by atoms with Crippen LogP contribution in [0.25, 0.3) is 0 Å². The van der Waals surface area contributed by atoms with Gasteiger partial charge < -0.3 is 4.42 Å². The number of carbonyl (C=O) groups excluding carboxylic acids is 1. The molecular formula is C20H20N4O6S2. The number of nitrogens with zero attached hydrogens (tertiary/aromatic N) is 3. The Kier molecular flexibility index (Phi) is 6.09. The number of anilines is 1. The topological polar surface area (TPSA) is 140 Å². The number of rotatable bonds is 7. The van der Waals surface area contributed by atoms with Crippen LogP contribution in [0.15, 0.2) is 68.8 Å². The molecule has 10 nitrogen and oxygen atoms in total. The number of nitrogens with one attached hydrogen (secondary N) is 1. The van der Waals surface area contributed by atoms with Gasteiger partial charge in [0.25, 0.3) is 5.91 Å². The highest BCUT2D eigenvalue weighted by Gasteiger charge is 2.27. The summed E-state index contributed by atoms with van der Waals surface area (Å²) in [6.45, 7) is 0.980. The molecule has 0 atom stereocenters. The van der Waals surface area contributed by atoms with Crippen LogP contribution in [-0.4, -0.2) is 50.3 Å². The van der Waals surface area contributed by atoms with Gasteiger partial charge in [0.1, 0.15) is 5.75 Å². The van der Waals surface area contributed by atoms with Gasteiger partial charge in [-0.25, -0.2) is 16.8 Å². The van der Waals surface area contributed by atoms with Crippen LogP contribution in [0.1, 0.15) is 29.1 Å². The van der Waals surface area contributed by atoms with E-state index >= 15 is 0 Å². The minimum absolute atomic E-state index is 0.113. The molecule has 1 saturated heterocycles. The Morgan fingerprint density at radius 1 is 0.906 bits per heavy atom. The van der Waals surface area contributed by atoms with E-state index in [0.717, 1.165) is 12.8 Å². The molecule has 32 heavy (non-hydrogen) atoms. The van der Waals surface area contributed by atoms with Crippen LogP contribution < -0.4 is 5.32 Å². The van der Waals surface area contributed by atoms with Gasteiger partial charge in [-0.05, 0) is 49.2 Å². The van der Waals surface area contributed by atoms with Crippen molar-refractivity contribution in [2.24, 2.45) is 0 Å². The average molecular weight is 477 g/mol. The fourth-order valence-corrected chi connectivity index (χ4v) is 5.96. The lowest BCUT2D eigenvalue weighted by molar-refractivity contribution is 0.102. The number of benzene rings is 2. The standard InChI is InChI=1S/C20H20N4O6S2/c25-19(15-8-10-17(11-9-15)32(28,29)24-12-4-5-13-24)21-20-23-22-18(30-20)14-31(26,27)16-6-2-1-3-7-16/h1-3,6-11H,4-5,12-14H2,(H,21,23,25). The molecule has 0 spiro atoms. The second-order valence-electron chi connectivity index (χ2n) is 7.16. The molecule has 168 valence electrons. The van der Waals surface area contributed by atoms with Crippen LogP contribution in [0.3, 0.4) is 0 Å². The van der Waals surface area contributed by atoms with E-state index in [1.54, 1.807) is 18.2 Å². The van der Waals surface area contributed by atoms with Gasteiger partial charge in [-0.2, -0.15) is 4.31 Å². The number of hydrogen-bond acceptors (Lipinski definition) is 8. The summed E-state index contributed by atoms with van der Waals surface area (Å²) in [4.78, 5) is 12.7. The third-order valence-electron chi connectivity index (χ3n) is 4.92. The van der Waals surface area contributed by atoms with Crippen molar-refractivity contribution < 1.29 is 26.0 Å². The fourth-order valence-electron chi connectivity index (χ4n) is 3.26. The number of carbonyl (C=O) groups is 1. The molecule has 1 aromatic heterocycles. The van der Waals surface area contributed by atoms with Crippen LogP contribution in [0.2, 0.25) is 0 Å². The molecule has 0 radical (unpaired) electrons. The molecule has 1 amide bonds. The predicted octanol–water partition coefficient (Wildman–Crippen LogP) is 2.08. The number of aromatic nitrogens is 2. The van der Waals surface area contributed by atoms with Crippen molar-refractivity contribution in [2.75, 3.05) is 18.4 Å². The minimum atomic E-state index is -3.68. The largest absolute Gasteiger partial charge is 0.407 e. The zero-order valence-corrected chi connectivity index (χ0v) is 18.5. The highest BCUT2D eigenvalue weighted by molar-refractivity contribution is 7.90. The molecule has 4 rings (SSSR count). The molecule has 0 saturated carbocycles. The Balaban J connectivity index is 1.42. The molecule has 1 fully saturated rings. The summed E-state index contributed by atoms with van der Waals surface area (Å²) >= 11 is 0. The Morgan fingerprint density at radius 3 is 2.22 bits per heavy atom. The van der Waals surface area contributed by atoms with E-state index in [9.17, 15) is 21.6 Å². The van der Waals surface area contributed by atoms with Gasteiger partial charge >= 0.3 is 6.01 Å². The monoisotopic (exact) mass is 476 g/mol. The third-order valence-corrected chi connectivity index (χ3v) is 8.45. The second-order valence-corrected chi connectivity index (χ2v) is 11.1. The van der Waals surface area contributed by atoms with Crippen molar-refractivity contribution in [3.8, 4) is 0 Å². The van der Waals surface area contributed by atoms with Gasteiger partial charge in [-0.1, -0.05) is 23.3 Å². The Labute approximate surface area is 185 Å². The second kappa shape index (κ2) is 8.81. The minimum Gasteiger partial charge on any atom is -0.407 e. The number of sulfone groups is 1. The van der Waals surface area contributed by atoms with Crippen molar-refractivity contribution >= 4 is 31.8 Å². The van der Waals surface area contributed by atoms with Crippen molar-refractivity contribution in [1.29, 1.82) is 0 Å². The summed E-state index contributed by atoms with van der Waals surface area (Å²) in [5.74, 6) is -1.28. The quantitative estimate of drug-likeness (QED) is 0.547. The van der Waals surface area contributed by atoms with Crippen molar-refractivity contribution in [3.63, 3.8) is 0 Å². The van der Waals surface area contributed by atoms with E-state index in [1.165, 1.54) is 40.7 Å². The van der Waals surface area contributed by atoms with Crippen LogP contribution >= 0.6 is 0 Å². The molecule has 0 aliphatic carbocycles. The maximum absolute atomic E-state index is 12.6. The summed E-state index contributed by atoms with van der Waals surface area (Å²) in [6, 6.07) is 13.1. The average Bonchev–Trinajstić information content (AvgIpc) is 3.47. The van der Waals surface area contributed by atoms with E-state index in [-0.39, 0.29) is 27.3 Å². The first-order valence-electron chi connectivity index (χ1n) is 9.77. The lowest BCUT2D eigenvalue weighted by atomic mass is 10.2. The van der Waals surface area contributed by atoms with Crippen molar-refractivity contribution in [1.82, 2.24) is 14.5 Å². The van der Waals surface area contributed by atoms with Gasteiger partial charge in [0.05, 0.1) is 9.79 Å². The summed E-state index contributed by atoms with van der Waals surface area (Å²) in [5, 5.41) is 9.71. The molecule has 1 aliphatic rings.